The van der Waals surface area contributed by atoms with Crippen LogP contribution in [0.4, 0.5) is 5.69 Å². The lowest BCUT2D eigenvalue weighted by Crippen LogP contribution is -2.15. The van der Waals surface area contributed by atoms with Crippen LogP contribution in [0.2, 0.25) is 0 Å². The average molecular weight is 368 g/mol. The molecule has 0 unspecified atom stereocenters. The number of aryl methyl sites for hydroxylation is 1. The average Bonchev–Trinajstić information content (AvgIpc) is 2.92. The predicted molar refractivity (Wildman–Crippen MR) is 110 cm³/mol. The first-order valence-corrected chi connectivity index (χ1v) is 10.0. The van der Waals surface area contributed by atoms with Gasteiger partial charge in [-0.2, -0.15) is 0 Å². The van der Waals surface area contributed by atoms with Crippen LogP contribution in [-0.2, 0) is 11.3 Å². The SMILES string of the molecule is CCCCn1c(SCC(=O)Nc2cccc3ccccc23)nc(C)c1C. The molecule has 3 aromatic rings. The Morgan fingerprint density at radius 2 is 1.92 bits per heavy atom. The molecule has 4 nitrogen and oxygen atoms in total. The van der Waals surface area contributed by atoms with Gasteiger partial charge in [-0.25, -0.2) is 4.98 Å². The van der Waals surface area contributed by atoms with E-state index in [0.717, 1.165) is 46.7 Å². The van der Waals surface area contributed by atoms with Crippen LogP contribution in [0, 0.1) is 13.8 Å². The van der Waals surface area contributed by atoms with Gasteiger partial charge in [0.15, 0.2) is 5.16 Å². The molecular weight excluding hydrogens is 342 g/mol. The van der Waals surface area contributed by atoms with Crippen molar-refractivity contribution in [1.82, 2.24) is 9.55 Å². The van der Waals surface area contributed by atoms with Crippen LogP contribution in [0.1, 0.15) is 31.2 Å². The molecule has 0 atom stereocenters. The van der Waals surface area contributed by atoms with Crippen LogP contribution in [-0.4, -0.2) is 21.2 Å². The number of unbranched alkanes of at least 4 members (excludes halogenated alkanes) is 1. The molecule has 5 heteroatoms. The Bertz CT molecular complexity index is 912. The molecule has 0 fully saturated rings. The van der Waals surface area contributed by atoms with Crippen LogP contribution >= 0.6 is 11.8 Å². The highest BCUT2D eigenvalue weighted by Crippen LogP contribution is 2.25. The van der Waals surface area contributed by atoms with Crippen LogP contribution in [0.5, 0.6) is 0 Å². The summed E-state index contributed by atoms with van der Waals surface area (Å²) in [5, 5.41) is 6.16. The van der Waals surface area contributed by atoms with E-state index in [2.05, 4.69) is 40.8 Å². The van der Waals surface area contributed by atoms with E-state index >= 15 is 0 Å². The van der Waals surface area contributed by atoms with Gasteiger partial charge in [-0.1, -0.05) is 61.5 Å². The summed E-state index contributed by atoms with van der Waals surface area (Å²) in [6.07, 6.45) is 2.26. The zero-order valence-corrected chi connectivity index (χ0v) is 16.4. The fourth-order valence-electron chi connectivity index (χ4n) is 2.96. The smallest absolute Gasteiger partial charge is 0.234 e. The Balaban J connectivity index is 1.69. The van der Waals surface area contributed by atoms with Crippen molar-refractivity contribution in [2.75, 3.05) is 11.1 Å². The second-order valence-electron chi connectivity index (χ2n) is 6.43. The summed E-state index contributed by atoms with van der Waals surface area (Å²) in [6.45, 7) is 7.26. The van der Waals surface area contributed by atoms with E-state index in [1.54, 1.807) is 0 Å². The maximum Gasteiger partial charge on any atom is 0.234 e. The fourth-order valence-corrected chi connectivity index (χ4v) is 3.88. The number of hydrogen-bond acceptors (Lipinski definition) is 3. The fraction of sp³-hybridized carbons (Fsp3) is 0.333. The third kappa shape index (κ3) is 4.10. The van der Waals surface area contributed by atoms with Crippen LogP contribution in [0.25, 0.3) is 10.8 Å². The molecular formula is C21H25N3OS. The summed E-state index contributed by atoms with van der Waals surface area (Å²) in [7, 11) is 0. The zero-order valence-electron chi connectivity index (χ0n) is 15.6. The van der Waals surface area contributed by atoms with Gasteiger partial charge in [0.25, 0.3) is 0 Å². The van der Waals surface area contributed by atoms with Gasteiger partial charge in [-0.05, 0) is 31.7 Å². The quantitative estimate of drug-likeness (QED) is 0.585. The van der Waals surface area contributed by atoms with Crippen LogP contribution in [0.3, 0.4) is 0 Å². The van der Waals surface area contributed by atoms with Crippen molar-refractivity contribution in [2.45, 2.75) is 45.3 Å². The van der Waals surface area contributed by atoms with E-state index in [1.165, 1.54) is 17.5 Å². The molecule has 1 aromatic heterocycles. The third-order valence-electron chi connectivity index (χ3n) is 4.55. The highest BCUT2D eigenvalue weighted by atomic mass is 32.2. The molecule has 0 bridgehead atoms. The number of carbonyl (C=O) groups is 1. The number of hydrogen-bond donors (Lipinski definition) is 1. The minimum Gasteiger partial charge on any atom is -0.325 e. The number of aromatic nitrogens is 2. The maximum atomic E-state index is 12.5. The number of amides is 1. The molecule has 3 rings (SSSR count). The molecule has 0 spiro atoms. The first-order chi connectivity index (χ1) is 12.6. The number of nitrogens with one attached hydrogen (secondary N) is 1. The number of anilines is 1. The lowest BCUT2D eigenvalue weighted by Gasteiger charge is -2.10. The molecule has 1 heterocycles. The standard InChI is InChI=1S/C21H25N3OS/c1-4-5-13-24-16(3)15(2)22-21(24)26-14-20(25)23-19-12-8-10-17-9-6-7-11-18(17)19/h6-12H,4-5,13-14H2,1-3H3,(H,23,25). The largest absolute Gasteiger partial charge is 0.325 e. The van der Waals surface area contributed by atoms with Crippen molar-refractivity contribution in [3.05, 3.63) is 53.9 Å². The van der Waals surface area contributed by atoms with Gasteiger partial charge in [0, 0.05) is 23.3 Å². The van der Waals surface area contributed by atoms with Crippen LogP contribution < -0.4 is 5.32 Å². The number of carbonyl (C=O) groups excluding carboxylic acids is 1. The van der Waals surface area contributed by atoms with E-state index in [4.69, 9.17) is 0 Å². The molecule has 0 radical (unpaired) electrons. The second kappa shape index (κ2) is 8.41. The highest BCUT2D eigenvalue weighted by molar-refractivity contribution is 7.99. The Morgan fingerprint density at radius 3 is 2.73 bits per heavy atom. The second-order valence-corrected chi connectivity index (χ2v) is 7.38. The summed E-state index contributed by atoms with van der Waals surface area (Å²) in [5.74, 6) is 0.345. The number of thioether (sulfide) groups is 1. The Morgan fingerprint density at radius 1 is 1.15 bits per heavy atom. The normalized spacial score (nSPS) is 11.0. The molecule has 1 amide bonds. The number of benzene rings is 2. The van der Waals surface area contributed by atoms with E-state index in [-0.39, 0.29) is 5.91 Å². The van der Waals surface area contributed by atoms with Crippen molar-refractivity contribution < 1.29 is 4.79 Å². The highest BCUT2D eigenvalue weighted by Gasteiger charge is 2.13. The summed E-state index contributed by atoms with van der Waals surface area (Å²) in [5.41, 5.74) is 3.09. The van der Waals surface area contributed by atoms with Crippen molar-refractivity contribution in [3.63, 3.8) is 0 Å². The van der Waals surface area contributed by atoms with E-state index in [0.29, 0.717) is 5.75 Å². The van der Waals surface area contributed by atoms with Gasteiger partial charge in [0.05, 0.1) is 11.4 Å². The number of imidazole rings is 1. The maximum absolute atomic E-state index is 12.5. The summed E-state index contributed by atoms with van der Waals surface area (Å²) >= 11 is 1.51. The van der Waals surface area contributed by atoms with Crippen molar-refractivity contribution >= 4 is 34.1 Å². The van der Waals surface area contributed by atoms with E-state index in [1.807, 2.05) is 37.3 Å². The first-order valence-electron chi connectivity index (χ1n) is 9.04. The van der Waals surface area contributed by atoms with Gasteiger partial charge >= 0.3 is 0 Å². The molecule has 0 aliphatic carbocycles. The minimum atomic E-state index is -0.00768. The number of nitrogens with zero attached hydrogens (tertiary/aromatic N) is 2. The number of fused-ring (bicyclic) bond motifs is 1. The van der Waals surface area contributed by atoms with Gasteiger partial charge in [0.1, 0.15) is 0 Å². The third-order valence-corrected chi connectivity index (χ3v) is 5.53. The van der Waals surface area contributed by atoms with Gasteiger partial charge < -0.3 is 9.88 Å². The topological polar surface area (TPSA) is 46.9 Å². The minimum absolute atomic E-state index is 0.00768. The van der Waals surface area contributed by atoms with Crippen molar-refractivity contribution in [1.29, 1.82) is 0 Å². The monoisotopic (exact) mass is 367 g/mol. The van der Waals surface area contributed by atoms with Gasteiger partial charge in [-0.15, -0.1) is 0 Å². The molecule has 1 N–H and O–H groups in total. The Hall–Kier alpha value is -2.27. The van der Waals surface area contributed by atoms with Gasteiger partial charge in [0.2, 0.25) is 5.91 Å². The van der Waals surface area contributed by atoms with E-state index in [9.17, 15) is 4.79 Å². The molecule has 136 valence electrons. The Labute approximate surface area is 159 Å². The van der Waals surface area contributed by atoms with Crippen molar-refractivity contribution in [2.24, 2.45) is 0 Å². The summed E-state index contributed by atoms with van der Waals surface area (Å²) in [6, 6.07) is 14.0. The molecule has 0 saturated heterocycles. The molecule has 0 saturated carbocycles. The summed E-state index contributed by atoms with van der Waals surface area (Å²) in [4.78, 5) is 17.1. The lowest BCUT2D eigenvalue weighted by molar-refractivity contribution is -0.113. The van der Waals surface area contributed by atoms with Gasteiger partial charge in [-0.3, -0.25) is 4.79 Å². The first kappa shape index (κ1) is 18.5. The molecule has 0 aliphatic heterocycles. The molecule has 26 heavy (non-hydrogen) atoms. The predicted octanol–water partition coefficient (Wildman–Crippen LogP) is 5.18. The zero-order chi connectivity index (χ0) is 18.5. The Kier molecular flexibility index (Phi) is 5.99. The number of rotatable bonds is 7. The molecule has 0 aliphatic rings. The molecule has 2 aromatic carbocycles. The van der Waals surface area contributed by atoms with Crippen LogP contribution in [0.15, 0.2) is 47.6 Å². The van der Waals surface area contributed by atoms with E-state index < -0.39 is 0 Å². The van der Waals surface area contributed by atoms with Crippen molar-refractivity contribution in [3.8, 4) is 0 Å². The lowest BCUT2D eigenvalue weighted by atomic mass is 10.1. The summed E-state index contributed by atoms with van der Waals surface area (Å²) < 4.78 is 2.23.